The molecule has 0 spiro atoms. The molecule has 1 unspecified atom stereocenters. The van der Waals surface area contributed by atoms with E-state index in [4.69, 9.17) is 4.74 Å². The normalized spacial score (nSPS) is 22.3. The van der Waals surface area contributed by atoms with Crippen molar-refractivity contribution in [1.29, 1.82) is 0 Å². The van der Waals surface area contributed by atoms with E-state index < -0.39 is 39.3 Å². The molecule has 8 nitrogen and oxygen atoms in total. The van der Waals surface area contributed by atoms with Crippen LogP contribution in [0, 0.1) is 5.92 Å². The Morgan fingerprint density at radius 3 is 2.38 bits per heavy atom. The third-order valence-corrected chi connectivity index (χ3v) is 6.66. The number of nitrogens with zero attached hydrogens (tertiary/aromatic N) is 2. The number of amidine groups is 1. The lowest BCUT2D eigenvalue weighted by molar-refractivity contribution is -0.133. The van der Waals surface area contributed by atoms with E-state index in [1.807, 2.05) is 51.1 Å². The highest BCUT2D eigenvalue weighted by molar-refractivity contribution is 7.90. The zero-order valence-corrected chi connectivity index (χ0v) is 18.9. The van der Waals surface area contributed by atoms with Crippen molar-refractivity contribution in [3.8, 4) is 0 Å². The van der Waals surface area contributed by atoms with Gasteiger partial charge in [0.25, 0.3) is 10.0 Å². The molecular formula is C23H25N3O5S. The number of sulfonamides is 1. The molecule has 1 saturated heterocycles. The molecule has 0 bridgehead atoms. The van der Waals surface area contributed by atoms with E-state index in [0.29, 0.717) is 5.69 Å². The second-order valence-corrected chi connectivity index (χ2v) is 10.4. The van der Waals surface area contributed by atoms with Gasteiger partial charge in [0.2, 0.25) is 5.91 Å². The highest BCUT2D eigenvalue weighted by atomic mass is 32.2. The zero-order valence-electron chi connectivity index (χ0n) is 18.1. The van der Waals surface area contributed by atoms with Gasteiger partial charge in [0, 0.05) is 6.54 Å². The number of amides is 1. The summed E-state index contributed by atoms with van der Waals surface area (Å²) in [5, 5.41) is 2.89. The summed E-state index contributed by atoms with van der Waals surface area (Å²) in [4.78, 5) is 28.3. The van der Waals surface area contributed by atoms with Gasteiger partial charge in [0.05, 0.1) is 17.9 Å². The summed E-state index contributed by atoms with van der Waals surface area (Å²) in [5.41, 5.74) is 0.636. The van der Waals surface area contributed by atoms with Gasteiger partial charge in [-0.2, -0.15) is 8.42 Å². The lowest BCUT2D eigenvalue weighted by Crippen LogP contribution is -2.40. The number of carbonyl (C=O) groups excluding carboxylic acids is 2. The predicted molar refractivity (Wildman–Crippen MR) is 120 cm³/mol. The number of hydrogen-bond acceptors (Lipinski definition) is 6. The molecule has 2 aromatic carbocycles. The number of likely N-dealkylation sites (tertiary alicyclic amines) is 1. The minimum absolute atomic E-state index is 0.00796. The number of para-hydroxylation sites is 1. The van der Waals surface area contributed by atoms with Crippen molar-refractivity contribution in [2.45, 2.75) is 43.9 Å². The van der Waals surface area contributed by atoms with E-state index in [9.17, 15) is 18.0 Å². The molecule has 1 fully saturated rings. The molecular weight excluding hydrogens is 430 g/mol. The molecule has 0 saturated carbocycles. The Morgan fingerprint density at radius 2 is 1.69 bits per heavy atom. The summed E-state index contributed by atoms with van der Waals surface area (Å²) in [6.07, 6.45) is 0. The second-order valence-electron chi connectivity index (χ2n) is 8.80. The fourth-order valence-electron chi connectivity index (χ4n) is 3.77. The number of nitrogens with one attached hydrogen (secondary N) is 1. The molecule has 2 aromatic rings. The summed E-state index contributed by atoms with van der Waals surface area (Å²) in [6, 6.07) is 14.7. The van der Waals surface area contributed by atoms with Gasteiger partial charge in [-0.25, -0.2) is 0 Å². The van der Waals surface area contributed by atoms with Crippen molar-refractivity contribution in [2.75, 3.05) is 11.9 Å². The predicted octanol–water partition coefficient (Wildman–Crippen LogP) is 2.61. The van der Waals surface area contributed by atoms with E-state index in [2.05, 4.69) is 9.71 Å². The number of benzene rings is 2. The molecule has 1 N–H and O–H groups in total. The molecule has 1 amide bonds. The van der Waals surface area contributed by atoms with Gasteiger partial charge in [-0.05, 0) is 38.5 Å². The van der Waals surface area contributed by atoms with Crippen molar-refractivity contribution < 1.29 is 22.7 Å². The molecule has 0 radical (unpaired) electrons. The monoisotopic (exact) mass is 455 g/mol. The zero-order chi connectivity index (χ0) is 23.1. The largest absolute Gasteiger partial charge is 0.373 e. The first-order valence-electron chi connectivity index (χ1n) is 10.3. The van der Waals surface area contributed by atoms with Crippen molar-refractivity contribution >= 4 is 33.2 Å². The van der Waals surface area contributed by atoms with Crippen molar-refractivity contribution in [3.05, 3.63) is 60.2 Å². The summed E-state index contributed by atoms with van der Waals surface area (Å²) in [5.74, 6) is -2.44. The average Bonchev–Trinajstić information content (AvgIpc) is 2.95. The first kappa shape index (κ1) is 22.2. The molecule has 168 valence electrons. The standard InChI is InChI=1S/C23H25N3O5S/c1-23(2,3)31-14-17-20(27)19(22(28)26(17)13-15-9-5-4-6-10-15)21-24-16-11-7-8-12-18(16)32(29,30)25-21/h4-12,17,19H,13-14H2,1-3H3,(H,24,25)/t17-,19?/m0/s1. The van der Waals surface area contributed by atoms with Gasteiger partial charge in [-0.15, -0.1) is 4.40 Å². The summed E-state index contributed by atoms with van der Waals surface area (Å²) in [7, 11) is -4.03. The number of carbonyl (C=O) groups is 2. The highest BCUT2D eigenvalue weighted by Crippen LogP contribution is 2.32. The van der Waals surface area contributed by atoms with Crippen LogP contribution < -0.4 is 5.32 Å². The molecule has 0 aliphatic carbocycles. The van der Waals surface area contributed by atoms with E-state index in [-0.39, 0.29) is 23.9 Å². The molecule has 2 heterocycles. The fraction of sp³-hybridized carbons (Fsp3) is 0.348. The summed E-state index contributed by atoms with van der Waals surface area (Å²) in [6.45, 7) is 5.81. The fourth-order valence-corrected chi connectivity index (χ4v) is 4.92. The number of ketones is 1. The highest BCUT2D eigenvalue weighted by Gasteiger charge is 2.51. The number of ether oxygens (including phenoxy) is 1. The second kappa shape index (κ2) is 8.14. The van der Waals surface area contributed by atoms with Gasteiger partial charge in [0.15, 0.2) is 11.7 Å². The van der Waals surface area contributed by atoms with Gasteiger partial charge in [-0.3, -0.25) is 9.59 Å². The molecule has 4 rings (SSSR count). The Kier molecular flexibility index (Phi) is 5.64. The smallest absolute Gasteiger partial charge is 0.286 e. The lowest BCUT2D eigenvalue weighted by Gasteiger charge is -2.27. The van der Waals surface area contributed by atoms with Crippen LogP contribution in [0.5, 0.6) is 0 Å². The Labute approximate surface area is 187 Å². The first-order valence-corrected chi connectivity index (χ1v) is 11.7. The molecule has 2 atom stereocenters. The van der Waals surface area contributed by atoms with Crippen molar-refractivity contribution in [2.24, 2.45) is 10.3 Å². The van der Waals surface area contributed by atoms with Crippen LogP contribution in [0.4, 0.5) is 5.69 Å². The Bertz CT molecular complexity index is 1190. The van der Waals surface area contributed by atoms with E-state index in [1.165, 1.54) is 11.0 Å². The third kappa shape index (κ3) is 4.31. The van der Waals surface area contributed by atoms with Crippen molar-refractivity contribution in [3.63, 3.8) is 0 Å². The van der Waals surface area contributed by atoms with Crippen LogP contribution in [-0.2, 0) is 30.9 Å². The molecule has 2 aliphatic heterocycles. The SMILES string of the molecule is CC(C)(C)OC[C@H]1C(=O)C(C2=NS(=O)(=O)c3ccccc3N2)C(=O)N1Cc1ccccc1. The molecule has 0 aromatic heterocycles. The topological polar surface area (TPSA) is 105 Å². The van der Waals surface area contributed by atoms with Crippen LogP contribution in [0.2, 0.25) is 0 Å². The third-order valence-electron chi connectivity index (χ3n) is 5.31. The molecule has 32 heavy (non-hydrogen) atoms. The van der Waals surface area contributed by atoms with Crippen LogP contribution in [0.25, 0.3) is 0 Å². The minimum atomic E-state index is -4.03. The van der Waals surface area contributed by atoms with Gasteiger partial charge in [-0.1, -0.05) is 42.5 Å². The maximum absolute atomic E-state index is 13.4. The maximum atomic E-state index is 13.4. The average molecular weight is 456 g/mol. The number of anilines is 1. The van der Waals surface area contributed by atoms with Crippen LogP contribution in [0.3, 0.4) is 0 Å². The van der Waals surface area contributed by atoms with E-state index >= 15 is 0 Å². The molecule has 2 aliphatic rings. The number of fused-ring (bicyclic) bond motifs is 1. The Balaban J connectivity index is 1.69. The first-order chi connectivity index (χ1) is 15.1. The van der Waals surface area contributed by atoms with Crippen LogP contribution >= 0.6 is 0 Å². The van der Waals surface area contributed by atoms with Gasteiger partial charge in [0.1, 0.15) is 16.8 Å². The van der Waals surface area contributed by atoms with Crippen LogP contribution in [0.1, 0.15) is 26.3 Å². The number of hydrogen-bond donors (Lipinski definition) is 1. The van der Waals surface area contributed by atoms with Gasteiger partial charge < -0.3 is 15.0 Å². The van der Waals surface area contributed by atoms with Crippen LogP contribution in [0.15, 0.2) is 63.9 Å². The number of Topliss-reactive ketones (excluding diaryl/α,β-unsaturated/α-hetero) is 1. The Morgan fingerprint density at radius 1 is 1.03 bits per heavy atom. The van der Waals surface area contributed by atoms with E-state index in [1.54, 1.807) is 18.2 Å². The molecule has 9 heteroatoms. The van der Waals surface area contributed by atoms with E-state index in [0.717, 1.165) is 5.56 Å². The summed E-state index contributed by atoms with van der Waals surface area (Å²) < 4.78 is 35.0. The van der Waals surface area contributed by atoms with Crippen LogP contribution in [-0.4, -0.2) is 49.1 Å². The summed E-state index contributed by atoms with van der Waals surface area (Å²) >= 11 is 0. The van der Waals surface area contributed by atoms with Gasteiger partial charge >= 0.3 is 0 Å². The maximum Gasteiger partial charge on any atom is 0.286 e. The minimum Gasteiger partial charge on any atom is -0.373 e. The van der Waals surface area contributed by atoms with Crippen molar-refractivity contribution in [1.82, 2.24) is 4.90 Å². The Hall–Kier alpha value is -3.04. The lowest BCUT2D eigenvalue weighted by atomic mass is 10.0. The quantitative estimate of drug-likeness (QED) is 0.695. The number of rotatable bonds is 5.